The number of nitrogens with one attached hydrogen (secondary N) is 1. The van der Waals surface area contributed by atoms with Gasteiger partial charge in [-0.1, -0.05) is 5.10 Å². The zero-order valence-electron chi connectivity index (χ0n) is 12.0. The molecule has 2 aromatic heterocycles. The molecule has 0 aliphatic carbocycles. The lowest BCUT2D eigenvalue weighted by molar-refractivity contribution is -0.139. The molecular weight excluding hydrogens is 290 g/mol. The van der Waals surface area contributed by atoms with Crippen LogP contribution in [0.2, 0.25) is 0 Å². The monoisotopic (exact) mass is 305 g/mol. The number of carbonyl (C=O) groups excluding carboxylic acids is 1. The van der Waals surface area contributed by atoms with E-state index in [-0.39, 0.29) is 12.0 Å². The fourth-order valence-electron chi connectivity index (χ4n) is 2.39. The molecule has 2 aromatic rings. The maximum Gasteiger partial charge on any atom is 0.338 e. The van der Waals surface area contributed by atoms with Crippen molar-refractivity contribution in [1.82, 2.24) is 20.2 Å². The van der Waals surface area contributed by atoms with Crippen molar-refractivity contribution in [1.29, 1.82) is 0 Å². The minimum atomic E-state index is -0.352. The first-order chi connectivity index (χ1) is 10.1. The molecule has 7 nitrogen and oxygen atoms in total. The third-order valence-corrected chi connectivity index (χ3v) is 4.43. The van der Waals surface area contributed by atoms with Gasteiger partial charge in [-0.2, -0.15) is 4.68 Å². The molecule has 0 fully saturated rings. The van der Waals surface area contributed by atoms with Gasteiger partial charge in [0, 0.05) is 10.6 Å². The molecular formula is C13H15N5O2S. The van der Waals surface area contributed by atoms with Crippen LogP contribution in [-0.4, -0.2) is 32.8 Å². The largest absolute Gasteiger partial charge is 0.463 e. The molecule has 21 heavy (non-hydrogen) atoms. The van der Waals surface area contributed by atoms with Crippen molar-refractivity contribution in [2.75, 3.05) is 11.9 Å². The van der Waals surface area contributed by atoms with E-state index in [0.717, 1.165) is 10.4 Å². The van der Waals surface area contributed by atoms with E-state index in [4.69, 9.17) is 4.74 Å². The molecule has 3 rings (SSSR count). The normalized spacial score (nSPS) is 17.4. The number of thiophene rings is 1. The summed E-state index contributed by atoms with van der Waals surface area (Å²) in [7, 11) is 0. The van der Waals surface area contributed by atoms with Gasteiger partial charge in [0.05, 0.1) is 12.2 Å². The fraction of sp³-hybridized carbons (Fsp3) is 0.385. The topological polar surface area (TPSA) is 81.9 Å². The first-order valence-electron chi connectivity index (χ1n) is 6.60. The number of rotatable bonds is 3. The van der Waals surface area contributed by atoms with Gasteiger partial charge in [0.1, 0.15) is 6.04 Å². The highest BCUT2D eigenvalue weighted by Gasteiger charge is 2.36. The molecule has 3 heterocycles. The Morgan fingerprint density at radius 2 is 2.33 bits per heavy atom. The van der Waals surface area contributed by atoms with E-state index in [1.165, 1.54) is 0 Å². The maximum absolute atomic E-state index is 12.4. The van der Waals surface area contributed by atoms with Gasteiger partial charge in [-0.15, -0.1) is 11.3 Å². The summed E-state index contributed by atoms with van der Waals surface area (Å²) in [5.74, 6) is 0.180. The first-order valence-corrected chi connectivity index (χ1v) is 7.48. The zero-order valence-corrected chi connectivity index (χ0v) is 12.8. The SMILES string of the molecule is CCOC(=O)C1=C(C)Nc2nnnn2[C@@H]1c1sccc1C. The van der Waals surface area contributed by atoms with E-state index in [1.807, 2.05) is 25.3 Å². The predicted molar refractivity (Wildman–Crippen MR) is 78.0 cm³/mol. The Hall–Kier alpha value is -2.22. The summed E-state index contributed by atoms with van der Waals surface area (Å²) in [6.45, 7) is 5.96. The molecule has 0 spiro atoms. The van der Waals surface area contributed by atoms with Gasteiger partial charge in [-0.25, -0.2) is 4.79 Å². The summed E-state index contributed by atoms with van der Waals surface area (Å²) in [4.78, 5) is 13.4. The Bertz CT molecular complexity index is 718. The van der Waals surface area contributed by atoms with Crippen LogP contribution in [0.5, 0.6) is 0 Å². The summed E-state index contributed by atoms with van der Waals surface area (Å²) in [6.07, 6.45) is 0. The number of aromatic nitrogens is 4. The molecule has 1 atom stereocenters. The number of aryl methyl sites for hydroxylation is 1. The molecule has 0 amide bonds. The van der Waals surface area contributed by atoms with Crippen LogP contribution in [-0.2, 0) is 9.53 Å². The lowest BCUT2D eigenvalue weighted by atomic mass is 10.00. The van der Waals surface area contributed by atoms with Crippen LogP contribution in [0.25, 0.3) is 0 Å². The van der Waals surface area contributed by atoms with E-state index in [9.17, 15) is 4.79 Å². The molecule has 0 aromatic carbocycles. The minimum absolute atomic E-state index is 0.328. The second-order valence-corrected chi connectivity index (χ2v) is 5.65. The Kier molecular flexibility index (Phi) is 3.46. The summed E-state index contributed by atoms with van der Waals surface area (Å²) in [5, 5.41) is 16.7. The van der Waals surface area contributed by atoms with E-state index < -0.39 is 0 Å². The van der Waals surface area contributed by atoms with E-state index in [2.05, 4.69) is 20.8 Å². The number of nitrogens with zero attached hydrogens (tertiary/aromatic N) is 4. The second-order valence-electron chi connectivity index (χ2n) is 4.70. The molecule has 1 aliphatic heterocycles. The Morgan fingerprint density at radius 3 is 3.00 bits per heavy atom. The summed E-state index contributed by atoms with van der Waals surface area (Å²) >= 11 is 1.58. The first kappa shape index (κ1) is 13.7. The van der Waals surface area contributed by atoms with E-state index in [1.54, 1.807) is 22.9 Å². The summed E-state index contributed by atoms with van der Waals surface area (Å²) in [5.41, 5.74) is 2.36. The Morgan fingerprint density at radius 1 is 1.52 bits per heavy atom. The van der Waals surface area contributed by atoms with Crippen LogP contribution < -0.4 is 5.32 Å². The smallest absolute Gasteiger partial charge is 0.338 e. The van der Waals surface area contributed by atoms with Gasteiger partial charge in [-0.3, -0.25) is 0 Å². The van der Waals surface area contributed by atoms with Crippen LogP contribution in [0.4, 0.5) is 5.95 Å². The maximum atomic E-state index is 12.4. The number of esters is 1. The van der Waals surface area contributed by atoms with Crippen molar-refractivity contribution in [2.24, 2.45) is 0 Å². The average molecular weight is 305 g/mol. The second kappa shape index (κ2) is 5.28. The standard InChI is InChI=1S/C13H15N5O2S/c1-4-20-12(19)9-8(3)14-13-15-16-17-18(13)10(9)11-7(2)5-6-21-11/h5-6,10H,4H2,1-3H3,(H,14,15,17)/t10-/m0/s1. The summed E-state index contributed by atoms with van der Waals surface area (Å²) in [6, 6.07) is 1.67. The number of anilines is 1. The van der Waals surface area contributed by atoms with Gasteiger partial charge in [-0.05, 0) is 48.2 Å². The van der Waals surface area contributed by atoms with Crippen molar-refractivity contribution >= 4 is 23.3 Å². The molecule has 8 heteroatoms. The van der Waals surface area contributed by atoms with Crippen LogP contribution in [0.1, 0.15) is 30.3 Å². The lowest BCUT2D eigenvalue weighted by Crippen LogP contribution is -2.29. The average Bonchev–Trinajstić information content (AvgIpc) is 3.06. The molecule has 110 valence electrons. The van der Waals surface area contributed by atoms with Crippen LogP contribution in [0.3, 0.4) is 0 Å². The molecule has 0 radical (unpaired) electrons. The quantitative estimate of drug-likeness (QED) is 0.872. The number of fused-ring (bicyclic) bond motifs is 1. The molecule has 0 saturated carbocycles. The van der Waals surface area contributed by atoms with Crippen LogP contribution >= 0.6 is 11.3 Å². The number of hydrogen-bond acceptors (Lipinski definition) is 7. The number of tetrazole rings is 1. The number of allylic oxidation sites excluding steroid dienone is 1. The third kappa shape index (κ3) is 2.21. The van der Waals surface area contributed by atoms with Crippen molar-refractivity contribution < 1.29 is 9.53 Å². The Balaban J connectivity index is 2.16. The van der Waals surface area contributed by atoms with Crippen molar-refractivity contribution in [3.05, 3.63) is 33.2 Å². The molecule has 1 N–H and O–H groups in total. The molecule has 0 unspecified atom stereocenters. The van der Waals surface area contributed by atoms with Gasteiger partial charge >= 0.3 is 5.97 Å². The number of ether oxygens (including phenoxy) is 1. The molecule has 0 saturated heterocycles. The van der Waals surface area contributed by atoms with E-state index in [0.29, 0.717) is 23.8 Å². The molecule has 1 aliphatic rings. The van der Waals surface area contributed by atoms with Gasteiger partial charge in [0.2, 0.25) is 5.95 Å². The summed E-state index contributed by atoms with van der Waals surface area (Å²) < 4.78 is 6.82. The van der Waals surface area contributed by atoms with Gasteiger partial charge < -0.3 is 10.1 Å². The van der Waals surface area contributed by atoms with Crippen molar-refractivity contribution in [2.45, 2.75) is 26.8 Å². The van der Waals surface area contributed by atoms with Gasteiger partial charge in [0.15, 0.2) is 0 Å². The number of hydrogen-bond donors (Lipinski definition) is 1. The highest BCUT2D eigenvalue weighted by molar-refractivity contribution is 7.10. The lowest BCUT2D eigenvalue weighted by Gasteiger charge is -2.26. The highest BCUT2D eigenvalue weighted by Crippen LogP contribution is 2.38. The zero-order chi connectivity index (χ0) is 15.0. The predicted octanol–water partition coefficient (Wildman–Crippen LogP) is 1.90. The third-order valence-electron chi connectivity index (χ3n) is 3.36. The highest BCUT2D eigenvalue weighted by atomic mass is 32.1. The Labute approximate surface area is 125 Å². The minimum Gasteiger partial charge on any atom is -0.463 e. The van der Waals surface area contributed by atoms with E-state index >= 15 is 0 Å². The number of carbonyl (C=O) groups is 1. The van der Waals surface area contributed by atoms with Crippen molar-refractivity contribution in [3.63, 3.8) is 0 Å². The van der Waals surface area contributed by atoms with Crippen LogP contribution in [0, 0.1) is 6.92 Å². The van der Waals surface area contributed by atoms with Crippen LogP contribution in [0.15, 0.2) is 22.7 Å². The molecule has 0 bridgehead atoms. The van der Waals surface area contributed by atoms with Crippen molar-refractivity contribution in [3.8, 4) is 0 Å². The fourth-order valence-corrected chi connectivity index (χ4v) is 3.41. The van der Waals surface area contributed by atoms with Gasteiger partial charge in [0.25, 0.3) is 0 Å².